The van der Waals surface area contributed by atoms with E-state index in [1.54, 1.807) is 12.5 Å². The number of carbonyl (C=O) groups is 1. The second-order valence-corrected chi connectivity index (χ2v) is 7.65. The van der Waals surface area contributed by atoms with Gasteiger partial charge in [-0.05, 0) is 43.8 Å². The molecule has 0 aliphatic heterocycles. The van der Waals surface area contributed by atoms with Gasteiger partial charge in [0.05, 0.1) is 23.7 Å². The SMILES string of the molecule is CCN(CC)C(CNC(=O)CSc1nccn1-c1ccccc1C)c1ccco1. The molecule has 1 amide bonds. The third-order valence-corrected chi connectivity index (χ3v) is 5.90. The van der Waals surface area contributed by atoms with Crippen LogP contribution in [-0.4, -0.2) is 45.7 Å². The first-order valence-electron chi connectivity index (χ1n) is 9.90. The van der Waals surface area contributed by atoms with Crippen LogP contribution in [0.2, 0.25) is 0 Å². The van der Waals surface area contributed by atoms with E-state index in [1.807, 2.05) is 35.0 Å². The molecule has 0 saturated carbocycles. The van der Waals surface area contributed by atoms with Crippen LogP contribution in [0.4, 0.5) is 0 Å². The van der Waals surface area contributed by atoms with E-state index in [0.29, 0.717) is 12.3 Å². The number of aromatic nitrogens is 2. The predicted molar refractivity (Wildman–Crippen MR) is 116 cm³/mol. The number of nitrogens with zero attached hydrogens (tertiary/aromatic N) is 3. The van der Waals surface area contributed by atoms with E-state index in [2.05, 4.69) is 48.1 Å². The van der Waals surface area contributed by atoms with E-state index >= 15 is 0 Å². The number of thioether (sulfide) groups is 1. The summed E-state index contributed by atoms with van der Waals surface area (Å²) in [5.74, 6) is 1.17. The van der Waals surface area contributed by atoms with Gasteiger partial charge in [-0.3, -0.25) is 14.3 Å². The monoisotopic (exact) mass is 412 g/mol. The maximum atomic E-state index is 12.5. The lowest BCUT2D eigenvalue weighted by Gasteiger charge is -2.28. The van der Waals surface area contributed by atoms with Crippen LogP contribution in [0.3, 0.4) is 0 Å². The topological polar surface area (TPSA) is 63.3 Å². The highest BCUT2D eigenvalue weighted by Gasteiger charge is 2.21. The summed E-state index contributed by atoms with van der Waals surface area (Å²) in [6, 6.07) is 12.0. The molecule has 0 aliphatic rings. The van der Waals surface area contributed by atoms with Gasteiger partial charge in [0.1, 0.15) is 5.76 Å². The summed E-state index contributed by atoms with van der Waals surface area (Å²) in [5, 5.41) is 3.86. The van der Waals surface area contributed by atoms with Gasteiger partial charge < -0.3 is 9.73 Å². The molecule has 7 heteroatoms. The summed E-state index contributed by atoms with van der Waals surface area (Å²) in [6.07, 6.45) is 5.37. The predicted octanol–water partition coefficient (Wildman–Crippen LogP) is 4.07. The molecule has 1 unspecified atom stereocenters. The van der Waals surface area contributed by atoms with E-state index in [9.17, 15) is 4.79 Å². The zero-order valence-corrected chi connectivity index (χ0v) is 18.0. The maximum Gasteiger partial charge on any atom is 0.230 e. The van der Waals surface area contributed by atoms with Crippen molar-refractivity contribution in [2.45, 2.75) is 32.0 Å². The third kappa shape index (κ3) is 5.31. The molecule has 2 heterocycles. The molecule has 1 aromatic carbocycles. The summed E-state index contributed by atoms with van der Waals surface area (Å²) in [5.41, 5.74) is 2.24. The zero-order chi connectivity index (χ0) is 20.6. The molecule has 0 aliphatic carbocycles. The first kappa shape index (κ1) is 21.2. The fraction of sp³-hybridized carbons (Fsp3) is 0.364. The quantitative estimate of drug-likeness (QED) is 0.509. The zero-order valence-electron chi connectivity index (χ0n) is 17.2. The molecule has 1 atom stereocenters. The standard InChI is InChI=1S/C22H28N4O2S/c1-4-25(5-2)19(20-11-8-14-28-20)15-24-21(27)16-29-22-23-12-13-26(22)18-10-7-6-9-17(18)3/h6-14,19H,4-5,15-16H2,1-3H3,(H,24,27). The Morgan fingerprint density at radius 1 is 1.24 bits per heavy atom. The number of likely N-dealkylation sites (N-methyl/N-ethyl adjacent to an activating group) is 1. The van der Waals surface area contributed by atoms with Gasteiger partial charge in [0.2, 0.25) is 5.91 Å². The van der Waals surface area contributed by atoms with Gasteiger partial charge in [-0.15, -0.1) is 0 Å². The Kier molecular flexibility index (Phi) is 7.55. The summed E-state index contributed by atoms with van der Waals surface area (Å²) in [6.45, 7) is 8.59. The molecule has 3 aromatic rings. The van der Waals surface area contributed by atoms with Gasteiger partial charge in [-0.2, -0.15) is 0 Å². The van der Waals surface area contributed by atoms with E-state index in [-0.39, 0.29) is 11.9 Å². The Bertz CT molecular complexity index is 903. The van der Waals surface area contributed by atoms with Crippen molar-refractivity contribution in [3.63, 3.8) is 0 Å². The van der Waals surface area contributed by atoms with Crippen LogP contribution < -0.4 is 5.32 Å². The van der Waals surface area contributed by atoms with Crippen molar-refractivity contribution in [2.75, 3.05) is 25.4 Å². The third-order valence-electron chi connectivity index (χ3n) is 4.93. The number of hydrogen-bond donors (Lipinski definition) is 1. The number of rotatable bonds is 10. The minimum Gasteiger partial charge on any atom is -0.468 e. The van der Waals surface area contributed by atoms with Gasteiger partial charge in [0.15, 0.2) is 5.16 Å². The molecule has 0 bridgehead atoms. The van der Waals surface area contributed by atoms with Crippen LogP contribution in [-0.2, 0) is 4.79 Å². The number of furan rings is 1. The van der Waals surface area contributed by atoms with Gasteiger partial charge in [-0.1, -0.05) is 43.8 Å². The molecule has 0 radical (unpaired) electrons. The molecule has 6 nitrogen and oxygen atoms in total. The number of benzene rings is 1. The van der Waals surface area contributed by atoms with Crippen LogP contribution in [0.1, 0.15) is 31.2 Å². The van der Waals surface area contributed by atoms with Crippen LogP contribution in [0, 0.1) is 6.92 Å². The molecule has 3 rings (SSSR count). The number of para-hydroxylation sites is 1. The summed E-state index contributed by atoms with van der Waals surface area (Å²) < 4.78 is 7.62. The fourth-order valence-electron chi connectivity index (χ4n) is 3.36. The average Bonchev–Trinajstić information content (AvgIpc) is 3.42. The van der Waals surface area contributed by atoms with Crippen molar-refractivity contribution in [1.29, 1.82) is 0 Å². The molecule has 29 heavy (non-hydrogen) atoms. The molecule has 154 valence electrons. The minimum atomic E-state index is -0.0157. The fourth-order valence-corrected chi connectivity index (χ4v) is 4.16. The minimum absolute atomic E-state index is 0.0157. The number of amides is 1. The van der Waals surface area contributed by atoms with Crippen LogP contribution in [0.15, 0.2) is 64.6 Å². The average molecular weight is 413 g/mol. The van der Waals surface area contributed by atoms with E-state index in [4.69, 9.17) is 4.42 Å². The Labute approximate surface area is 176 Å². The van der Waals surface area contributed by atoms with E-state index < -0.39 is 0 Å². The number of nitrogens with one attached hydrogen (secondary N) is 1. The molecular formula is C22H28N4O2S. The molecular weight excluding hydrogens is 384 g/mol. The summed E-state index contributed by atoms with van der Waals surface area (Å²) in [4.78, 5) is 19.2. The van der Waals surface area contributed by atoms with Crippen molar-refractivity contribution in [3.05, 3.63) is 66.4 Å². The lowest BCUT2D eigenvalue weighted by Crippen LogP contribution is -2.38. The molecule has 2 aromatic heterocycles. The number of hydrogen-bond acceptors (Lipinski definition) is 5. The Morgan fingerprint density at radius 2 is 2.03 bits per heavy atom. The van der Waals surface area contributed by atoms with Crippen molar-refractivity contribution in [1.82, 2.24) is 19.8 Å². The first-order chi connectivity index (χ1) is 14.1. The Balaban J connectivity index is 1.59. The normalized spacial score (nSPS) is 12.3. The maximum absolute atomic E-state index is 12.5. The van der Waals surface area contributed by atoms with Crippen molar-refractivity contribution >= 4 is 17.7 Å². The Morgan fingerprint density at radius 3 is 2.72 bits per heavy atom. The van der Waals surface area contributed by atoms with Crippen molar-refractivity contribution < 1.29 is 9.21 Å². The number of aryl methyl sites for hydroxylation is 1. The first-order valence-corrected chi connectivity index (χ1v) is 10.9. The highest BCUT2D eigenvalue weighted by atomic mass is 32.2. The largest absolute Gasteiger partial charge is 0.468 e. The van der Waals surface area contributed by atoms with Gasteiger partial charge in [0.25, 0.3) is 0 Å². The Hall–Kier alpha value is -2.51. The van der Waals surface area contributed by atoms with Crippen molar-refractivity contribution in [3.8, 4) is 5.69 Å². The van der Waals surface area contributed by atoms with Gasteiger partial charge in [0, 0.05) is 18.9 Å². The van der Waals surface area contributed by atoms with Crippen molar-refractivity contribution in [2.24, 2.45) is 0 Å². The van der Waals surface area contributed by atoms with Gasteiger partial charge in [-0.25, -0.2) is 4.98 Å². The second kappa shape index (κ2) is 10.3. The van der Waals surface area contributed by atoms with E-state index in [1.165, 1.54) is 11.8 Å². The highest BCUT2D eigenvalue weighted by molar-refractivity contribution is 7.99. The van der Waals surface area contributed by atoms with Crippen LogP contribution in [0.25, 0.3) is 5.69 Å². The lowest BCUT2D eigenvalue weighted by molar-refractivity contribution is -0.118. The number of carbonyl (C=O) groups excluding carboxylic acids is 1. The second-order valence-electron chi connectivity index (χ2n) is 6.71. The number of imidazole rings is 1. The highest BCUT2D eigenvalue weighted by Crippen LogP contribution is 2.23. The molecule has 0 saturated heterocycles. The lowest BCUT2D eigenvalue weighted by atomic mass is 10.2. The van der Waals surface area contributed by atoms with Crippen LogP contribution in [0.5, 0.6) is 0 Å². The molecule has 0 fully saturated rings. The summed E-state index contributed by atoms with van der Waals surface area (Å²) >= 11 is 1.44. The smallest absolute Gasteiger partial charge is 0.230 e. The molecule has 1 N–H and O–H groups in total. The van der Waals surface area contributed by atoms with Gasteiger partial charge >= 0.3 is 0 Å². The van der Waals surface area contributed by atoms with E-state index in [0.717, 1.165) is 35.3 Å². The van der Waals surface area contributed by atoms with Crippen LogP contribution >= 0.6 is 11.8 Å². The molecule has 0 spiro atoms. The summed E-state index contributed by atoms with van der Waals surface area (Å²) in [7, 11) is 0.